The zero-order valence-corrected chi connectivity index (χ0v) is 11.2. The number of carbonyl (C=O) groups is 2. The summed E-state index contributed by atoms with van der Waals surface area (Å²) in [5.74, 6) is -1.66. The molecule has 5 heteroatoms. The van der Waals surface area contributed by atoms with E-state index in [0.29, 0.717) is 10.6 Å². The molecule has 0 bridgehead atoms. The molecule has 100 valence electrons. The molecular formula is C14H15ClN2O2. The van der Waals surface area contributed by atoms with E-state index >= 15 is 0 Å². The molecule has 4 nitrogen and oxygen atoms in total. The highest BCUT2D eigenvalue weighted by atomic mass is 35.5. The summed E-state index contributed by atoms with van der Waals surface area (Å²) < 4.78 is 0. The molecule has 19 heavy (non-hydrogen) atoms. The van der Waals surface area contributed by atoms with E-state index < -0.39 is 23.8 Å². The van der Waals surface area contributed by atoms with Gasteiger partial charge in [-0.15, -0.1) is 0 Å². The van der Waals surface area contributed by atoms with Crippen molar-refractivity contribution in [2.24, 2.45) is 17.4 Å². The second-order valence-corrected chi connectivity index (χ2v) is 5.21. The molecule has 4 N–H and O–H groups in total. The molecule has 0 radical (unpaired) electrons. The van der Waals surface area contributed by atoms with Gasteiger partial charge in [-0.3, -0.25) is 9.59 Å². The molecule has 1 aromatic rings. The van der Waals surface area contributed by atoms with Crippen LogP contribution in [0.1, 0.15) is 18.4 Å². The van der Waals surface area contributed by atoms with Crippen LogP contribution in [-0.4, -0.2) is 17.7 Å². The summed E-state index contributed by atoms with van der Waals surface area (Å²) in [7, 11) is 0. The average molecular weight is 279 g/mol. The van der Waals surface area contributed by atoms with Crippen molar-refractivity contribution < 1.29 is 9.59 Å². The molecule has 0 saturated heterocycles. The first-order valence-electron chi connectivity index (χ1n) is 5.94. The second kappa shape index (κ2) is 5.15. The Hall–Kier alpha value is -1.65. The van der Waals surface area contributed by atoms with Crippen molar-refractivity contribution in [1.29, 1.82) is 0 Å². The van der Waals surface area contributed by atoms with Crippen molar-refractivity contribution in [2.45, 2.75) is 18.9 Å². The van der Waals surface area contributed by atoms with Crippen molar-refractivity contribution in [3.63, 3.8) is 0 Å². The summed E-state index contributed by atoms with van der Waals surface area (Å²) in [5, 5.41) is 0.586. The van der Waals surface area contributed by atoms with Gasteiger partial charge in [-0.05, 0) is 30.7 Å². The van der Waals surface area contributed by atoms with Gasteiger partial charge in [-0.1, -0.05) is 29.3 Å². The molecular weight excluding hydrogens is 264 g/mol. The number of rotatable bonds is 2. The van der Waals surface area contributed by atoms with Crippen LogP contribution in [0.15, 0.2) is 35.9 Å². The monoisotopic (exact) mass is 278 g/mol. The maximum atomic E-state index is 11.8. The summed E-state index contributed by atoms with van der Waals surface area (Å²) in [5.41, 5.74) is 12.8. The molecule has 1 aliphatic rings. The van der Waals surface area contributed by atoms with Crippen molar-refractivity contribution in [3.8, 4) is 0 Å². The highest BCUT2D eigenvalue weighted by molar-refractivity contribution is 6.30. The molecule has 0 saturated carbocycles. The molecule has 2 rings (SSSR count). The minimum Gasteiger partial charge on any atom is -0.369 e. The van der Waals surface area contributed by atoms with Crippen molar-refractivity contribution in [2.75, 3.05) is 0 Å². The summed E-state index contributed by atoms with van der Waals surface area (Å²) in [6.45, 7) is 1.72. The van der Waals surface area contributed by atoms with E-state index in [1.807, 2.05) is 0 Å². The molecule has 1 aromatic carbocycles. The Labute approximate surface area is 116 Å². The SMILES string of the molecule is CC1=CC(=O)C(N)C(c2ccc(Cl)cc2)C1C(N)=O. The fourth-order valence-electron chi connectivity index (χ4n) is 2.56. The largest absolute Gasteiger partial charge is 0.369 e. The third-order valence-corrected chi connectivity index (χ3v) is 3.75. The molecule has 3 unspecified atom stereocenters. The van der Waals surface area contributed by atoms with Gasteiger partial charge in [0.1, 0.15) is 0 Å². The number of primary amides is 1. The second-order valence-electron chi connectivity index (χ2n) is 4.77. The van der Waals surface area contributed by atoms with Gasteiger partial charge in [0.25, 0.3) is 0 Å². The quantitative estimate of drug-likeness (QED) is 0.857. The maximum Gasteiger partial charge on any atom is 0.225 e. The molecule has 0 aromatic heterocycles. The van der Waals surface area contributed by atoms with Gasteiger partial charge in [-0.2, -0.15) is 0 Å². The molecule has 1 aliphatic carbocycles. The summed E-state index contributed by atoms with van der Waals surface area (Å²) in [6.07, 6.45) is 1.41. The van der Waals surface area contributed by atoms with Gasteiger partial charge < -0.3 is 11.5 Å². The van der Waals surface area contributed by atoms with Gasteiger partial charge in [0.2, 0.25) is 5.91 Å². The lowest BCUT2D eigenvalue weighted by Crippen LogP contribution is -2.46. The van der Waals surface area contributed by atoms with E-state index in [-0.39, 0.29) is 5.78 Å². The Bertz CT molecular complexity index is 551. The highest BCUT2D eigenvalue weighted by Crippen LogP contribution is 2.36. The van der Waals surface area contributed by atoms with Crippen LogP contribution in [0.3, 0.4) is 0 Å². The van der Waals surface area contributed by atoms with Crippen LogP contribution in [0.4, 0.5) is 0 Å². The van der Waals surface area contributed by atoms with E-state index in [1.165, 1.54) is 6.08 Å². The molecule has 3 atom stereocenters. The van der Waals surface area contributed by atoms with Gasteiger partial charge in [0.15, 0.2) is 5.78 Å². The molecule has 0 spiro atoms. The third kappa shape index (κ3) is 2.55. The Balaban J connectivity index is 2.50. The smallest absolute Gasteiger partial charge is 0.225 e. The fourth-order valence-corrected chi connectivity index (χ4v) is 2.69. The molecule has 1 amide bonds. The summed E-state index contributed by atoms with van der Waals surface area (Å²) >= 11 is 5.84. The number of hydrogen-bond acceptors (Lipinski definition) is 3. The standard InChI is InChI=1S/C14H15ClN2O2/c1-7-6-10(18)13(16)12(11(7)14(17)19)8-2-4-9(15)5-3-8/h2-6,11-13H,16H2,1H3,(H2,17,19). The van der Waals surface area contributed by atoms with Crippen LogP contribution >= 0.6 is 11.6 Å². The Morgan fingerprint density at radius 2 is 1.84 bits per heavy atom. The van der Waals surface area contributed by atoms with Crippen LogP contribution < -0.4 is 11.5 Å². The van der Waals surface area contributed by atoms with Crippen LogP contribution in [0.2, 0.25) is 5.02 Å². The van der Waals surface area contributed by atoms with Crippen LogP contribution in [0.25, 0.3) is 0 Å². The Kier molecular flexibility index (Phi) is 3.73. The van der Waals surface area contributed by atoms with Gasteiger partial charge in [0, 0.05) is 10.9 Å². The first-order chi connectivity index (χ1) is 8.91. The minimum absolute atomic E-state index is 0.185. The lowest BCUT2D eigenvalue weighted by molar-refractivity contribution is -0.123. The third-order valence-electron chi connectivity index (χ3n) is 3.50. The van der Waals surface area contributed by atoms with E-state index in [2.05, 4.69) is 0 Å². The minimum atomic E-state index is -0.762. The van der Waals surface area contributed by atoms with E-state index in [1.54, 1.807) is 31.2 Å². The number of benzene rings is 1. The normalized spacial score (nSPS) is 27.0. The first-order valence-corrected chi connectivity index (χ1v) is 6.32. The van der Waals surface area contributed by atoms with Crippen molar-refractivity contribution >= 4 is 23.3 Å². The first kappa shape index (κ1) is 13.8. The number of ketones is 1. The van der Waals surface area contributed by atoms with E-state index in [0.717, 1.165) is 5.56 Å². The van der Waals surface area contributed by atoms with E-state index in [9.17, 15) is 9.59 Å². The maximum absolute atomic E-state index is 11.8. The zero-order valence-electron chi connectivity index (χ0n) is 10.5. The van der Waals surface area contributed by atoms with Crippen LogP contribution in [0, 0.1) is 5.92 Å². The summed E-state index contributed by atoms with van der Waals surface area (Å²) in [4.78, 5) is 23.5. The highest BCUT2D eigenvalue weighted by Gasteiger charge is 2.40. The topological polar surface area (TPSA) is 86.2 Å². The predicted molar refractivity (Wildman–Crippen MR) is 73.6 cm³/mol. The Morgan fingerprint density at radius 3 is 2.37 bits per heavy atom. The lowest BCUT2D eigenvalue weighted by atomic mass is 9.72. The van der Waals surface area contributed by atoms with Crippen molar-refractivity contribution in [3.05, 3.63) is 46.5 Å². The number of carbonyl (C=O) groups excluding carboxylic acids is 2. The Morgan fingerprint density at radius 1 is 1.26 bits per heavy atom. The predicted octanol–water partition coefficient (Wildman–Crippen LogP) is 1.38. The fraction of sp³-hybridized carbons (Fsp3) is 0.286. The average Bonchev–Trinajstić information content (AvgIpc) is 2.34. The number of halogens is 1. The van der Waals surface area contributed by atoms with Gasteiger partial charge in [0.05, 0.1) is 12.0 Å². The molecule has 0 aliphatic heterocycles. The number of hydrogen-bond donors (Lipinski definition) is 2. The van der Waals surface area contributed by atoms with Crippen LogP contribution in [0.5, 0.6) is 0 Å². The number of nitrogens with two attached hydrogens (primary N) is 2. The van der Waals surface area contributed by atoms with Gasteiger partial charge >= 0.3 is 0 Å². The molecule has 0 heterocycles. The van der Waals surface area contributed by atoms with Crippen molar-refractivity contribution in [1.82, 2.24) is 0 Å². The molecule has 0 fully saturated rings. The number of amides is 1. The van der Waals surface area contributed by atoms with Crippen LogP contribution in [-0.2, 0) is 9.59 Å². The lowest BCUT2D eigenvalue weighted by Gasteiger charge is -2.33. The van der Waals surface area contributed by atoms with E-state index in [4.69, 9.17) is 23.1 Å². The van der Waals surface area contributed by atoms with Gasteiger partial charge in [-0.25, -0.2) is 0 Å². The zero-order chi connectivity index (χ0) is 14.2. The summed E-state index contributed by atoms with van der Waals surface area (Å²) in [6, 6.07) is 6.20.